The minimum absolute atomic E-state index is 0.426. The summed E-state index contributed by atoms with van der Waals surface area (Å²) in [5, 5.41) is 4.74. The molecule has 0 bridgehead atoms. The van der Waals surface area contributed by atoms with Crippen molar-refractivity contribution in [2.75, 3.05) is 0 Å². The number of rotatable bonds is 1. The molecule has 0 spiro atoms. The third-order valence-electron chi connectivity index (χ3n) is 2.35. The zero-order chi connectivity index (χ0) is 10.3. The smallest absolute Gasteiger partial charge is 0.161 e. The van der Waals surface area contributed by atoms with E-state index in [4.69, 9.17) is 17.3 Å². The molecule has 0 aliphatic rings. The first kappa shape index (κ1) is 9.43. The van der Waals surface area contributed by atoms with E-state index < -0.39 is 0 Å². The van der Waals surface area contributed by atoms with Gasteiger partial charge in [-0.3, -0.25) is 0 Å². The Morgan fingerprint density at radius 3 is 2.86 bits per heavy atom. The van der Waals surface area contributed by atoms with Gasteiger partial charge in [0.15, 0.2) is 5.65 Å². The molecule has 74 valence electrons. The lowest BCUT2D eigenvalue weighted by atomic mass is 10.2. The van der Waals surface area contributed by atoms with Crippen LogP contribution in [0.3, 0.4) is 0 Å². The summed E-state index contributed by atoms with van der Waals surface area (Å²) in [5.74, 6) is 0. The van der Waals surface area contributed by atoms with Crippen LogP contribution in [0.5, 0.6) is 0 Å². The molecule has 2 N–H and O–H groups in total. The molecule has 2 aromatic rings. The van der Waals surface area contributed by atoms with E-state index in [1.54, 1.807) is 10.7 Å². The van der Waals surface area contributed by atoms with Gasteiger partial charge < -0.3 is 5.73 Å². The van der Waals surface area contributed by atoms with Crippen molar-refractivity contribution in [3.63, 3.8) is 0 Å². The van der Waals surface area contributed by atoms with E-state index in [0.29, 0.717) is 11.7 Å². The molecular formula is C9H11ClN4. The van der Waals surface area contributed by atoms with E-state index in [-0.39, 0.29) is 0 Å². The van der Waals surface area contributed by atoms with Crippen molar-refractivity contribution in [2.45, 2.75) is 20.4 Å². The molecule has 0 aromatic carbocycles. The molecule has 0 atom stereocenters. The van der Waals surface area contributed by atoms with E-state index in [2.05, 4.69) is 10.1 Å². The second-order valence-electron chi connectivity index (χ2n) is 3.22. The highest BCUT2D eigenvalue weighted by atomic mass is 35.5. The molecule has 0 radical (unpaired) electrons. The summed E-state index contributed by atoms with van der Waals surface area (Å²) in [4.78, 5) is 4.40. The van der Waals surface area contributed by atoms with Gasteiger partial charge in [-0.05, 0) is 13.8 Å². The molecule has 0 aliphatic carbocycles. The van der Waals surface area contributed by atoms with Crippen molar-refractivity contribution < 1.29 is 0 Å². The van der Waals surface area contributed by atoms with Gasteiger partial charge in [-0.2, -0.15) is 5.10 Å². The molecular weight excluding hydrogens is 200 g/mol. The Labute approximate surface area is 86.7 Å². The summed E-state index contributed by atoms with van der Waals surface area (Å²) in [6.07, 6.45) is 1.70. The second-order valence-corrected chi connectivity index (χ2v) is 3.58. The van der Waals surface area contributed by atoms with Gasteiger partial charge in [0.25, 0.3) is 0 Å². The standard InChI is InChI=1S/C9H11ClN4/c1-5-6(2)13-9-7(3-11)4-12-14(9)8(5)10/h4H,3,11H2,1-2H3. The Morgan fingerprint density at radius 1 is 1.50 bits per heavy atom. The molecule has 2 heterocycles. The molecule has 0 aliphatic heterocycles. The summed E-state index contributed by atoms with van der Waals surface area (Å²) in [5.41, 5.74) is 9.09. The Kier molecular flexibility index (Phi) is 2.17. The van der Waals surface area contributed by atoms with Gasteiger partial charge in [0, 0.05) is 23.4 Å². The summed E-state index contributed by atoms with van der Waals surface area (Å²) < 4.78 is 1.62. The van der Waals surface area contributed by atoms with Crippen molar-refractivity contribution in [1.82, 2.24) is 14.6 Å². The van der Waals surface area contributed by atoms with Crippen LogP contribution >= 0.6 is 11.6 Å². The minimum atomic E-state index is 0.426. The van der Waals surface area contributed by atoms with Crippen LogP contribution in [-0.4, -0.2) is 14.6 Å². The van der Waals surface area contributed by atoms with Gasteiger partial charge in [0.05, 0.1) is 6.20 Å². The van der Waals surface area contributed by atoms with Crippen LogP contribution in [0.1, 0.15) is 16.8 Å². The Morgan fingerprint density at radius 2 is 2.21 bits per heavy atom. The van der Waals surface area contributed by atoms with Crippen LogP contribution in [0.4, 0.5) is 0 Å². The van der Waals surface area contributed by atoms with Crippen molar-refractivity contribution in [3.05, 3.63) is 28.2 Å². The number of aromatic nitrogens is 3. The maximum atomic E-state index is 6.12. The summed E-state index contributed by atoms with van der Waals surface area (Å²) in [7, 11) is 0. The van der Waals surface area contributed by atoms with Gasteiger partial charge in [-0.25, -0.2) is 9.50 Å². The third kappa shape index (κ3) is 1.19. The van der Waals surface area contributed by atoms with Crippen LogP contribution in [0.15, 0.2) is 6.20 Å². The maximum absolute atomic E-state index is 6.12. The first-order valence-corrected chi connectivity index (χ1v) is 4.72. The van der Waals surface area contributed by atoms with E-state index in [9.17, 15) is 0 Å². The molecule has 5 heteroatoms. The largest absolute Gasteiger partial charge is 0.326 e. The van der Waals surface area contributed by atoms with Gasteiger partial charge in [0.2, 0.25) is 0 Å². The van der Waals surface area contributed by atoms with Gasteiger partial charge in [-0.15, -0.1) is 0 Å². The van der Waals surface area contributed by atoms with Gasteiger partial charge in [0.1, 0.15) is 5.15 Å². The number of halogens is 1. The van der Waals surface area contributed by atoms with E-state index >= 15 is 0 Å². The topological polar surface area (TPSA) is 56.2 Å². The summed E-state index contributed by atoms with van der Waals surface area (Å²) in [6, 6.07) is 0. The Hall–Kier alpha value is -1.13. The van der Waals surface area contributed by atoms with E-state index in [1.165, 1.54) is 0 Å². The number of hydrogen-bond donors (Lipinski definition) is 1. The normalized spacial score (nSPS) is 11.1. The molecule has 2 aromatic heterocycles. The number of nitrogens with zero attached hydrogens (tertiary/aromatic N) is 3. The number of fused-ring (bicyclic) bond motifs is 1. The van der Waals surface area contributed by atoms with Crippen molar-refractivity contribution in [3.8, 4) is 0 Å². The highest BCUT2D eigenvalue weighted by molar-refractivity contribution is 6.30. The molecule has 0 saturated carbocycles. The minimum Gasteiger partial charge on any atom is -0.326 e. The second kappa shape index (κ2) is 3.22. The fraction of sp³-hybridized carbons (Fsp3) is 0.333. The highest BCUT2D eigenvalue weighted by Gasteiger charge is 2.10. The SMILES string of the molecule is Cc1nc2c(CN)cnn2c(Cl)c1C. The fourth-order valence-electron chi connectivity index (χ4n) is 1.33. The summed E-state index contributed by atoms with van der Waals surface area (Å²) in [6.45, 7) is 4.28. The molecule has 0 unspecified atom stereocenters. The third-order valence-corrected chi connectivity index (χ3v) is 2.79. The summed E-state index contributed by atoms with van der Waals surface area (Å²) >= 11 is 6.12. The zero-order valence-corrected chi connectivity index (χ0v) is 8.84. The average molecular weight is 211 g/mol. The Bertz CT molecular complexity index is 489. The highest BCUT2D eigenvalue weighted by Crippen LogP contribution is 2.20. The first-order chi connectivity index (χ1) is 6.65. The van der Waals surface area contributed by atoms with Crippen molar-refractivity contribution in [2.24, 2.45) is 5.73 Å². The maximum Gasteiger partial charge on any atom is 0.161 e. The number of nitrogens with two attached hydrogens (primary N) is 1. The molecule has 0 fully saturated rings. The van der Waals surface area contributed by atoms with Crippen LogP contribution in [0.2, 0.25) is 5.15 Å². The first-order valence-electron chi connectivity index (χ1n) is 4.34. The van der Waals surface area contributed by atoms with Crippen LogP contribution in [-0.2, 0) is 6.54 Å². The Balaban J connectivity index is 2.86. The van der Waals surface area contributed by atoms with Crippen LogP contribution < -0.4 is 5.73 Å². The monoisotopic (exact) mass is 210 g/mol. The van der Waals surface area contributed by atoms with Crippen molar-refractivity contribution in [1.29, 1.82) is 0 Å². The number of aryl methyl sites for hydroxylation is 1. The van der Waals surface area contributed by atoms with Crippen LogP contribution in [0.25, 0.3) is 5.65 Å². The van der Waals surface area contributed by atoms with Crippen LogP contribution in [0, 0.1) is 13.8 Å². The number of hydrogen-bond acceptors (Lipinski definition) is 3. The molecule has 14 heavy (non-hydrogen) atoms. The molecule has 0 amide bonds. The van der Waals surface area contributed by atoms with E-state index in [0.717, 1.165) is 22.5 Å². The van der Waals surface area contributed by atoms with Crippen molar-refractivity contribution >= 4 is 17.2 Å². The van der Waals surface area contributed by atoms with Gasteiger partial charge >= 0.3 is 0 Å². The molecule has 4 nitrogen and oxygen atoms in total. The molecule has 0 saturated heterocycles. The average Bonchev–Trinajstić information content (AvgIpc) is 2.57. The predicted octanol–water partition coefficient (Wildman–Crippen LogP) is 1.46. The lowest BCUT2D eigenvalue weighted by Crippen LogP contribution is -2.01. The zero-order valence-electron chi connectivity index (χ0n) is 8.08. The lowest BCUT2D eigenvalue weighted by molar-refractivity contribution is 0.915. The predicted molar refractivity (Wildman–Crippen MR) is 55.4 cm³/mol. The fourth-order valence-corrected chi connectivity index (χ4v) is 1.59. The molecule has 2 rings (SSSR count). The van der Waals surface area contributed by atoms with E-state index in [1.807, 2.05) is 13.8 Å². The quantitative estimate of drug-likeness (QED) is 0.725. The lowest BCUT2D eigenvalue weighted by Gasteiger charge is -2.04. The van der Waals surface area contributed by atoms with Gasteiger partial charge in [-0.1, -0.05) is 11.6 Å².